The first kappa shape index (κ1) is 11.3. The topological polar surface area (TPSA) is 70.5 Å². The Morgan fingerprint density at radius 3 is 2.72 bits per heavy atom. The Balaban J connectivity index is 1.79. The van der Waals surface area contributed by atoms with E-state index in [2.05, 4.69) is 4.98 Å². The summed E-state index contributed by atoms with van der Waals surface area (Å²) in [5.74, 6) is 2.14. The van der Waals surface area contributed by atoms with Crippen molar-refractivity contribution in [2.45, 2.75) is 11.0 Å². The molecule has 2 heterocycles. The summed E-state index contributed by atoms with van der Waals surface area (Å²) in [5.41, 5.74) is 7.67. The van der Waals surface area contributed by atoms with Gasteiger partial charge in [0.25, 0.3) is 5.22 Å². The lowest BCUT2D eigenvalue weighted by atomic mass is 10.2. The van der Waals surface area contributed by atoms with E-state index >= 15 is 0 Å². The summed E-state index contributed by atoms with van der Waals surface area (Å²) in [5, 5.41) is 0.629. The van der Waals surface area contributed by atoms with Gasteiger partial charge in [-0.15, -0.1) is 0 Å². The lowest BCUT2D eigenvalue weighted by Crippen LogP contribution is -2.15. The molecule has 0 fully saturated rings. The van der Waals surface area contributed by atoms with Crippen molar-refractivity contribution in [3.05, 3.63) is 30.2 Å². The third-order valence-electron chi connectivity index (χ3n) is 2.56. The van der Waals surface area contributed by atoms with Gasteiger partial charge in [0.15, 0.2) is 11.5 Å². The maximum Gasteiger partial charge on any atom is 0.255 e. The Kier molecular flexibility index (Phi) is 3.02. The zero-order valence-corrected chi connectivity index (χ0v) is 10.4. The molecule has 5 nitrogen and oxygen atoms in total. The van der Waals surface area contributed by atoms with Gasteiger partial charge in [-0.2, -0.15) is 0 Å². The van der Waals surface area contributed by atoms with Gasteiger partial charge in [-0.1, -0.05) is 11.8 Å². The Hall–Kier alpha value is -1.82. The molecule has 0 radical (unpaired) electrons. The van der Waals surface area contributed by atoms with Crippen molar-refractivity contribution >= 4 is 17.4 Å². The molecule has 0 aliphatic carbocycles. The largest absolute Gasteiger partial charge is 0.486 e. The SMILES string of the molecule is Nc1cc2c(cc1CSc1ncco1)OCCO2. The maximum absolute atomic E-state index is 5.98. The molecule has 0 saturated carbocycles. The number of thioether (sulfide) groups is 1. The first-order valence-corrected chi connectivity index (χ1v) is 6.52. The number of nitrogens with zero attached hydrogens (tertiary/aromatic N) is 1. The zero-order chi connectivity index (χ0) is 12.4. The number of rotatable bonds is 3. The third-order valence-corrected chi connectivity index (χ3v) is 3.47. The molecule has 0 saturated heterocycles. The minimum absolute atomic E-state index is 0.566. The van der Waals surface area contributed by atoms with E-state index in [1.54, 1.807) is 18.5 Å². The van der Waals surface area contributed by atoms with E-state index in [0.29, 0.717) is 35.6 Å². The fourth-order valence-electron chi connectivity index (χ4n) is 1.69. The van der Waals surface area contributed by atoms with Gasteiger partial charge in [-0.25, -0.2) is 4.98 Å². The summed E-state index contributed by atoms with van der Waals surface area (Å²) in [6, 6.07) is 3.72. The highest BCUT2D eigenvalue weighted by atomic mass is 32.2. The third kappa shape index (κ3) is 2.24. The summed E-state index contributed by atoms with van der Waals surface area (Å²) in [4.78, 5) is 4.05. The molecule has 94 valence electrons. The van der Waals surface area contributed by atoms with Crippen LogP contribution in [0.3, 0.4) is 0 Å². The number of ether oxygens (including phenoxy) is 2. The molecule has 0 amide bonds. The average molecular weight is 264 g/mol. The van der Waals surface area contributed by atoms with E-state index in [1.165, 1.54) is 11.8 Å². The van der Waals surface area contributed by atoms with Gasteiger partial charge in [-0.05, 0) is 11.6 Å². The average Bonchev–Trinajstić information content (AvgIpc) is 2.89. The van der Waals surface area contributed by atoms with Gasteiger partial charge >= 0.3 is 0 Å². The number of hydrogen-bond donors (Lipinski definition) is 1. The fraction of sp³-hybridized carbons (Fsp3) is 0.250. The molecule has 1 aliphatic rings. The smallest absolute Gasteiger partial charge is 0.255 e. The van der Waals surface area contributed by atoms with E-state index in [4.69, 9.17) is 19.6 Å². The van der Waals surface area contributed by atoms with E-state index in [-0.39, 0.29) is 0 Å². The first-order valence-electron chi connectivity index (χ1n) is 5.53. The van der Waals surface area contributed by atoms with Crippen LogP contribution in [0.5, 0.6) is 11.5 Å². The molecule has 1 aromatic carbocycles. The molecule has 0 atom stereocenters. The van der Waals surface area contributed by atoms with E-state index in [9.17, 15) is 0 Å². The Bertz CT molecular complexity index is 543. The van der Waals surface area contributed by atoms with Crippen LogP contribution in [0, 0.1) is 0 Å². The molecule has 3 rings (SSSR count). The predicted octanol–water partition coefficient (Wildman–Crippen LogP) is 2.32. The van der Waals surface area contributed by atoms with Gasteiger partial charge < -0.3 is 19.6 Å². The number of aromatic nitrogens is 1. The summed E-state index contributed by atoms with van der Waals surface area (Å²) in [7, 11) is 0. The molecule has 0 bridgehead atoms. The van der Waals surface area contributed by atoms with Crippen LogP contribution in [0.1, 0.15) is 5.56 Å². The van der Waals surface area contributed by atoms with Gasteiger partial charge in [0.1, 0.15) is 19.5 Å². The number of hydrogen-bond acceptors (Lipinski definition) is 6. The second-order valence-electron chi connectivity index (χ2n) is 3.78. The van der Waals surface area contributed by atoms with Crippen molar-refractivity contribution in [3.63, 3.8) is 0 Å². The molecule has 6 heteroatoms. The highest BCUT2D eigenvalue weighted by Gasteiger charge is 2.15. The van der Waals surface area contributed by atoms with Crippen LogP contribution in [0.4, 0.5) is 5.69 Å². The molecule has 2 aromatic rings. The van der Waals surface area contributed by atoms with E-state index in [0.717, 1.165) is 11.3 Å². The standard InChI is InChI=1S/C12H12N2O3S/c13-9-6-11-10(15-3-4-16-11)5-8(9)7-18-12-14-1-2-17-12/h1-2,5-6H,3-4,7,13H2. The summed E-state index contributed by atoms with van der Waals surface area (Å²) in [6.07, 6.45) is 3.17. The second kappa shape index (κ2) is 4.81. The van der Waals surface area contributed by atoms with Crippen molar-refractivity contribution in [3.8, 4) is 11.5 Å². The van der Waals surface area contributed by atoms with Gasteiger partial charge in [-0.3, -0.25) is 0 Å². The number of oxazole rings is 1. The van der Waals surface area contributed by atoms with Crippen molar-refractivity contribution in [2.75, 3.05) is 18.9 Å². The molecule has 2 N–H and O–H groups in total. The van der Waals surface area contributed by atoms with Crippen LogP contribution in [-0.2, 0) is 5.75 Å². The van der Waals surface area contributed by atoms with E-state index in [1.807, 2.05) is 6.07 Å². The Morgan fingerprint density at radius 2 is 2.00 bits per heavy atom. The predicted molar refractivity (Wildman–Crippen MR) is 67.9 cm³/mol. The highest BCUT2D eigenvalue weighted by Crippen LogP contribution is 2.36. The minimum Gasteiger partial charge on any atom is -0.486 e. The molecular formula is C12H12N2O3S. The van der Waals surface area contributed by atoms with Crippen LogP contribution >= 0.6 is 11.8 Å². The molecule has 18 heavy (non-hydrogen) atoms. The monoisotopic (exact) mass is 264 g/mol. The lowest BCUT2D eigenvalue weighted by Gasteiger charge is -2.20. The number of fused-ring (bicyclic) bond motifs is 1. The van der Waals surface area contributed by atoms with Crippen molar-refractivity contribution in [1.29, 1.82) is 0 Å². The van der Waals surface area contributed by atoms with Crippen LogP contribution in [0.15, 0.2) is 34.2 Å². The van der Waals surface area contributed by atoms with Crippen LogP contribution in [-0.4, -0.2) is 18.2 Å². The van der Waals surface area contributed by atoms with E-state index < -0.39 is 0 Å². The summed E-state index contributed by atoms with van der Waals surface area (Å²) >= 11 is 1.49. The number of nitrogens with two attached hydrogens (primary N) is 1. The summed E-state index contributed by atoms with van der Waals surface area (Å²) < 4.78 is 16.2. The fourth-order valence-corrected chi connectivity index (χ4v) is 2.48. The zero-order valence-electron chi connectivity index (χ0n) is 9.59. The lowest BCUT2D eigenvalue weighted by molar-refractivity contribution is 0.171. The van der Waals surface area contributed by atoms with Crippen LogP contribution in [0.25, 0.3) is 0 Å². The van der Waals surface area contributed by atoms with Crippen LogP contribution < -0.4 is 15.2 Å². The van der Waals surface area contributed by atoms with Gasteiger partial charge in [0.2, 0.25) is 0 Å². The summed E-state index contributed by atoms with van der Waals surface area (Å²) in [6.45, 7) is 1.14. The molecular weight excluding hydrogens is 252 g/mol. The van der Waals surface area contributed by atoms with Crippen molar-refractivity contribution < 1.29 is 13.9 Å². The minimum atomic E-state index is 0.566. The molecule has 0 spiro atoms. The number of benzene rings is 1. The number of anilines is 1. The Labute approximate surface area is 108 Å². The normalized spacial score (nSPS) is 13.6. The van der Waals surface area contributed by atoms with Crippen molar-refractivity contribution in [2.24, 2.45) is 0 Å². The highest BCUT2D eigenvalue weighted by molar-refractivity contribution is 7.98. The van der Waals surface area contributed by atoms with Crippen LogP contribution in [0.2, 0.25) is 0 Å². The first-order chi connectivity index (χ1) is 8.83. The molecule has 1 aromatic heterocycles. The quantitative estimate of drug-likeness (QED) is 0.677. The number of nitrogen functional groups attached to an aromatic ring is 1. The Morgan fingerprint density at radius 1 is 1.22 bits per heavy atom. The van der Waals surface area contributed by atoms with Gasteiger partial charge in [0.05, 0.1) is 6.20 Å². The molecule has 1 aliphatic heterocycles. The molecule has 0 unspecified atom stereocenters. The maximum atomic E-state index is 5.98. The second-order valence-corrected chi connectivity index (χ2v) is 4.71. The van der Waals surface area contributed by atoms with Crippen molar-refractivity contribution in [1.82, 2.24) is 4.98 Å². The van der Waals surface area contributed by atoms with Gasteiger partial charge in [0, 0.05) is 17.5 Å².